The Morgan fingerprint density at radius 3 is 2.22 bits per heavy atom. The highest BCUT2D eigenvalue weighted by Crippen LogP contribution is 2.35. The van der Waals surface area contributed by atoms with Crippen LogP contribution in [0, 0.1) is 5.92 Å². The molecule has 0 unspecified atom stereocenters. The van der Waals surface area contributed by atoms with E-state index in [2.05, 4.69) is 6.92 Å². The standard InChI is InChI=1S/C23H34O4/c1-17(10-6-7-11-19-12-14-20(24)15-13-19)9-5-4-8-16-23(3)21(25)18(2)22(26)27-23/h12-15,17,24-25H,4-11,16H2,1-3H3/t17-,23+/m1/s1. The lowest BCUT2D eigenvalue weighted by molar-refractivity contribution is -0.147. The minimum atomic E-state index is -0.818. The minimum absolute atomic E-state index is 0.106. The van der Waals surface area contributed by atoms with Gasteiger partial charge in [-0.2, -0.15) is 0 Å². The Balaban J connectivity index is 1.53. The van der Waals surface area contributed by atoms with Crippen molar-refractivity contribution in [3.05, 3.63) is 41.2 Å². The van der Waals surface area contributed by atoms with Gasteiger partial charge in [-0.25, -0.2) is 4.79 Å². The summed E-state index contributed by atoms with van der Waals surface area (Å²) in [5, 5.41) is 19.4. The molecule has 2 N–H and O–H groups in total. The lowest BCUT2D eigenvalue weighted by atomic mass is 9.93. The molecule has 1 aromatic carbocycles. The molecule has 2 rings (SSSR count). The van der Waals surface area contributed by atoms with Gasteiger partial charge in [-0.15, -0.1) is 0 Å². The van der Waals surface area contributed by atoms with Crippen molar-refractivity contribution in [2.75, 3.05) is 0 Å². The maximum atomic E-state index is 11.6. The highest BCUT2D eigenvalue weighted by molar-refractivity contribution is 5.91. The van der Waals surface area contributed by atoms with Gasteiger partial charge in [0.05, 0.1) is 5.57 Å². The number of hydrogen-bond donors (Lipinski definition) is 2. The summed E-state index contributed by atoms with van der Waals surface area (Å²) in [5.74, 6) is 0.763. The number of phenolic OH excluding ortho intramolecular Hbond substituents is 1. The second-order valence-corrected chi connectivity index (χ2v) is 8.21. The number of aliphatic hydroxyl groups is 1. The van der Waals surface area contributed by atoms with Crippen LogP contribution in [-0.4, -0.2) is 21.8 Å². The van der Waals surface area contributed by atoms with Gasteiger partial charge in [0.1, 0.15) is 11.5 Å². The molecule has 1 aromatic rings. The highest BCUT2D eigenvalue weighted by Gasteiger charge is 2.42. The molecule has 2 atom stereocenters. The monoisotopic (exact) mass is 374 g/mol. The van der Waals surface area contributed by atoms with Crippen LogP contribution < -0.4 is 0 Å². The van der Waals surface area contributed by atoms with Crippen LogP contribution in [-0.2, 0) is 16.0 Å². The number of rotatable bonds is 11. The predicted octanol–water partition coefficient (Wildman–Crippen LogP) is 5.84. The van der Waals surface area contributed by atoms with E-state index in [1.54, 1.807) is 26.0 Å². The number of unbranched alkanes of at least 4 members (excludes halogenated alkanes) is 3. The summed E-state index contributed by atoms with van der Waals surface area (Å²) in [5.41, 5.74) is 0.814. The van der Waals surface area contributed by atoms with Gasteiger partial charge in [0, 0.05) is 0 Å². The van der Waals surface area contributed by atoms with Crippen molar-refractivity contribution in [3.8, 4) is 5.75 Å². The number of ether oxygens (including phenoxy) is 1. The molecule has 1 heterocycles. The van der Waals surface area contributed by atoms with Crippen LogP contribution in [0.25, 0.3) is 0 Å². The van der Waals surface area contributed by atoms with Gasteiger partial charge in [-0.3, -0.25) is 0 Å². The van der Waals surface area contributed by atoms with E-state index < -0.39 is 11.6 Å². The summed E-state index contributed by atoms with van der Waals surface area (Å²) in [7, 11) is 0. The van der Waals surface area contributed by atoms with E-state index in [4.69, 9.17) is 4.74 Å². The Morgan fingerprint density at radius 1 is 1.00 bits per heavy atom. The van der Waals surface area contributed by atoms with Crippen LogP contribution in [0.15, 0.2) is 35.6 Å². The average Bonchev–Trinajstić information content (AvgIpc) is 2.83. The zero-order valence-corrected chi connectivity index (χ0v) is 17.0. The molecule has 1 aliphatic rings. The van der Waals surface area contributed by atoms with Crippen molar-refractivity contribution in [3.63, 3.8) is 0 Å². The van der Waals surface area contributed by atoms with Crippen LogP contribution in [0.3, 0.4) is 0 Å². The van der Waals surface area contributed by atoms with Crippen LogP contribution in [0.5, 0.6) is 5.75 Å². The zero-order valence-electron chi connectivity index (χ0n) is 17.0. The van der Waals surface area contributed by atoms with Crippen molar-refractivity contribution in [2.45, 2.75) is 84.2 Å². The number of esters is 1. The van der Waals surface area contributed by atoms with Crippen LogP contribution in [0.2, 0.25) is 0 Å². The number of carbonyl (C=O) groups excluding carboxylic acids is 1. The molecule has 0 fully saturated rings. The molecule has 0 radical (unpaired) electrons. The Hall–Kier alpha value is -1.97. The predicted molar refractivity (Wildman–Crippen MR) is 108 cm³/mol. The molecule has 0 saturated carbocycles. The van der Waals surface area contributed by atoms with E-state index in [1.165, 1.54) is 37.7 Å². The number of hydrogen-bond acceptors (Lipinski definition) is 4. The maximum Gasteiger partial charge on any atom is 0.338 e. The topological polar surface area (TPSA) is 66.8 Å². The van der Waals surface area contributed by atoms with Gasteiger partial charge in [0.2, 0.25) is 0 Å². The summed E-state index contributed by atoms with van der Waals surface area (Å²) in [6.45, 7) is 5.73. The number of phenols is 1. The van der Waals surface area contributed by atoms with Crippen LogP contribution in [0.4, 0.5) is 0 Å². The van der Waals surface area contributed by atoms with Gasteiger partial charge in [-0.05, 0) is 63.1 Å². The van der Waals surface area contributed by atoms with E-state index in [9.17, 15) is 15.0 Å². The highest BCUT2D eigenvalue weighted by atomic mass is 16.6. The molecule has 0 aliphatic carbocycles. The quantitative estimate of drug-likeness (QED) is 0.377. The van der Waals surface area contributed by atoms with E-state index in [0.29, 0.717) is 17.7 Å². The van der Waals surface area contributed by atoms with Gasteiger partial charge in [0.15, 0.2) is 5.60 Å². The Bertz CT molecular complexity index is 647. The van der Waals surface area contributed by atoms with E-state index in [0.717, 1.165) is 25.2 Å². The van der Waals surface area contributed by atoms with Crippen molar-refractivity contribution in [1.82, 2.24) is 0 Å². The third-order valence-corrected chi connectivity index (χ3v) is 5.68. The smallest absolute Gasteiger partial charge is 0.338 e. The number of aromatic hydroxyl groups is 1. The van der Waals surface area contributed by atoms with Gasteiger partial charge >= 0.3 is 5.97 Å². The molecular weight excluding hydrogens is 340 g/mol. The molecular formula is C23H34O4. The number of cyclic esters (lactones) is 1. The van der Waals surface area contributed by atoms with Crippen molar-refractivity contribution >= 4 is 5.97 Å². The summed E-state index contributed by atoms with van der Waals surface area (Å²) < 4.78 is 5.33. The summed E-state index contributed by atoms with van der Waals surface area (Å²) in [6.07, 6.45) is 9.85. The van der Waals surface area contributed by atoms with Gasteiger partial charge in [0.25, 0.3) is 0 Å². The van der Waals surface area contributed by atoms with E-state index in [-0.39, 0.29) is 5.76 Å². The maximum absolute atomic E-state index is 11.6. The molecule has 0 aromatic heterocycles. The van der Waals surface area contributed by atoms with E-state index >= 15 is 0 Å². The fourth-order valence-electron chi connectivity index (χ4n) is 3.75. The molecule has 0 bridgehead atoms. The summed E-state index contributed by atoms with van der Waals surface area (Å²) in [6, 6.07) is 7.49. The third kappa shape index (κ3) is 6.30. The molecule has 27 heavy (non-hydrogen) atoms. The normalized spacial score (nSPS) is 20.8. The van der Waals surface area contributed by atoms with Crippen molar-refractivity contribution < 1.29 is 19.7 Å². The van der Waals surface area contributed by atoms with Crippen LogP contribution in [0.1, 0.15) is 77.7 Å². The van der Waals surface area contributed by atoms with Gasteiger partial charge < -0.3 is 14.9 Å². The first-order chi connectivity index (χ1) is 12.8. The number of carbonyl (C=O) groups is 1. The molecule has 0 amide bonds. The first kappa shape index (κ1) is 21.3. The largest absolute Gasteiger partial charge is 0.508 e. The molecule has 4 nitrogen and oxygen atoms in total. The van der Waals surface area contributed by atoms with E-state index in [1.807, 2.05) is 12.1 Å². The fraction of sp³-hybridized carbons (Fsp3) is 0.609. The van der Waals surface area contributed by atoms with Crippen LogP contribution >= 0.6 is 0 Å². The Labute approximate surface area is 163 Å². The van der Waals surface area contributed by atoms with Gasteiger partial charge in [-0.1, -0.05) is 51.2 Å². The van der Waals surface area contributed by atoms with Crippen molar-refractivity contribution in [2.24, 2.45) is 5.92 Å². The Morgan fingerprint density at radius 2 is 1.63 bits per heavy atom. The first-order valence-electron chi connectivity index (χ1n) is 10.2. The SMILES string of the molecule is CC1=C(O)[C@](C)(CCCCC[C@@H](C)CCCCc2ccc(O)cc2)OC1=O. The lowest BCUT2D eigenvalue weighted by Gasteiger charge is -2.23. The summed E-state index contributed by atoms with van der Waals surface area (Å²) >= 11 is 0. The number of aliphatic hydroxyl groups excluding tert-OH is 1. The second kappa shape index (κ2) is 9.82. The lowest BCUT2D eigenvalue weighted by Crippen LogP contribution is -2.27. The average molecular weight is 375 g/mol. The molecule has 4 heteroatoms. The summed E-state index contributed by atoms with van der Waals surface area (Å²) in [4.78, 5) is 11.6. The number of benzene rings is 1. The molecule has 150 valence electrons. The number of aryl methyl sites for hydroxylation is 1. The zero-order chi connectivity index (χ0) is 19.9. The molecule has 0 spiro atoms. The second-order valence-electron chi connectivity index (χ2n) is 8.21. The minimum Gasteiger partial charge on any atom is -0.508 e. The Kier molecular flexibility index (Phi) is 7.76. The molecule has 0 saturated heterocycles. The first-order valence-corrected chi connectivity index (χ1v) is 10.2. The third-order valence-electron chi connectivity index (χ3n) is 5.68. The van der Waals surface area contributed by atoms with Crippen molar-refractivity contribution in [1.29, 1.82) is 0 Å². The molecule has 1 aliphatic heterocycles. The fourth-order valence-corrected chi connectivity index (χ4v) is 3.75.